The molecular formula is C15H20N2O3. The third-order valence-corrected chi connectivity index (χ3v) is 3.92. The quantitative estimate of drug-likeness (QED) is 0.889. The minimum absolute atomic E-state index is 0.0969. The number of hydrogen-bond donors (Lipinski definition) is 2. The van der Waals surface area contributed by atoms with Crippen LogP contribution >= 0.6 is 0 Å². The van der Waals surface area contributed by atoms with Crippen LogP contribution in [0.25, 0.3) is 0 Å². The molecule has 0 aliphatic carbocycles. The van der Waals surface area contributed by atoms with Gasteiger partial charge < -0.3 is 15.3 Å². The van der Waals surface area contributed by atoms with Gasteiger partial charge in [-0.3, -0.25) is 4.79 Å². The number of benzene rings is 1. The molecule has 1 fully saturated rings. The van der Waals surface area contributed by atoms with Crippen LogP contribution in [0.1, 0.15) is 31.9 Å². The summed E-state index contributed by atoms with van der Waals surface area (Å²) in [4.78, 5) is 24.9. The Bertz CT molecular complexity index is 503. The average Bonchev–Trinajstić information content (AvgIpc) is 2.84. The number of rotatable bonds is 3. The molecule has 1 saturated heterocycles. The summed E-state index contributed by atoms with van der Waals surface area (Å²) in [6.07, 6.45) is 0.496. The standard InChI is InChI=1S/C15H20N2O3/c1-11(12-6-4-3-5-7-12)16-14(20)17-9-8-15(2,10-17)13(18)19/h3-7,11H,8-10H2,1-2H3,(H,16,20)(H,18,19). The predicted molar refractivity (Wildman–Crippen MR) is 75.3 cm³/mol. The second-order valence-electron chi connectivity index (χ2n) is 5.62. The molecule has 5 nitrogen and oxygen atoms in total. The van der Waals surface area contributed by atoms with E-state index < -0.39 is 11.4 Å². The van der Waals surface area contributed by atoms with Gasteiger partial charge in [-0.05, 0) is 25.8 Å². The molecule has 1 aliphatic heterocycles. The lowest BCUT2D eigenvalue weighted by atomic mass is 9.90. The lowest BCUT2D eigenvalue weighted by molar-refractivity contribution is -0.146. The number of nitrogens with zero attached hydrogens (tertiary/aromatic N) is 1. The Morgan fingerprint density at radius 1 is 1.35 bits per heavy atom. The SMILES string of the molecule is CC(NC(=O)N1CCC(C)(C(=O)O)C1)c1ccccc1. The number of likely N-dealkylation sites (tertiary alicyclic amines) is 1. The van der Waals surface area contributed by atoms with E-state index in [1.165, 1.54) is 0 Å². The Labute approximate surface area is 118 Å². The van der Waals surface area contributed by atoms with Gasteiger partial charge in [-0.15, -0.1) is 0 Å². The summed E-state index contributed by atoms with van der Waals surface area (Å²) < 4.78 is 0. The maximum atomic E-state index is 12.2. The summed E-state index contributed by atoms with van der Waals surface area (Å²) in [5.41, 5.74) is 0.203. The third kappa shape index (κ3) is 2.92. The summed E-state index contributed by atoms with van der Waals surface area (Å²) in [6.45, 7) is 4.34. The first kappa shape index (κ1) is 14.4. The molecular weight excluding hydrogens is 256 g/mol. The Kier molecular flexibility index (Phi) is 3.97. The highest BCUT2D eigenvalue weighted by atomic mass is 16.4. The Hall–Kier alpha value is -2.04. The van der Waals surface area contributed by atoms with Crippen molar-refractivity contribution in [1.29, 1.82) is 0 Å². The van der Waals surface area contributed by atoms with Crippen molar-refractivity contribution in [2.24, 2.45) is 5.41 Å². The van der Waals surface area contributed by atoms with E-state index in [9.17, 15) is 14.7 Å². The number of aliphatic carboxylic acids is 1. The van der Waals surface area contributed by atoms with Gasteiger partial charge in [0.05, 0.1) is 11.5 Å². The van der Waals surface area contributed by atoms with Crippen molar-refractivity contribution < 1.29 is 14.7 Å². The van der Waals surface area contributed by atoms with Crippen LogP contribution in [0.5, 0.6) is 0 Å². The molecule has 0 saturated carbocycles. The molecule has 2 unspecified atom stereocenters. The molecule has 1 aromatic carbocycles. The van der Waals surface area contributed by atoms with E-state index in [1.807, 2.05) is 37.3 Å². The van der Waals surface area contributed by atoms with Gasteiger partial charge in [-0.25, -0.2) is 4.79 Å². The summed E-state index contributed by atoms with van der Waals surface area (Å²) in [6, 6.07) is 9.39. The van der Waals surface area contributed by atoms with Crippen molar-refractivity contribution in [3.05, 3.63) is 35.9 Å². The topological polar surface area (TPSA) is 69.6 Å². The van der Waals surface area contributed by atoms with Crippen LogP contribution in [0.15, 0.2) is 30.3 Å². The van der Waals surface area contributed by atoms with Gasteiger partial charge in [0, 0.05) is 13.1 Å². The number of urea groups is 1. The normalized spacial score (nSPS) is 23.4. The van der Waals surface area contributed by atoms with Gasteiger partial charge in [0.1, 0.15) is 0 Å². The molecule has 1 aliphatic rings. The fraction of sp³-hybridized carbons (Fsp3) is 0.467. The number of hydrogen-bond acceptors (Lipinski definition) is 2. The number of amides is 2. The monoisotopic (exact) mass is 276 g/mol. The highest BCUT2D eigenvalue weighted by molar-refractivity contribution is 5.79. The molecule has 5 heteroatoms. The van der Waals surface area contributed by atoms with E-state index in [1.54, 1.807) is 11.8 Å². The van der Waals surface area contributed by atoms with E-state index >= 15 is 0 Å². The van der Waals surface area contributed by atoms with E-state index in [2.05, 4.69) is 5.32 Å². The van der Waals surface area contributed by atoms with Gasteiger partial charge in [-0.1, -0.05) is 30.3 Å². The van der Waals surface area contributed by atoms with E-state index in [0.29, 0.717) is 13.0 Å². The first-order valence-electron chi connectivity index (χ1n) is 6.76. The van der Waals surface area contributed by atoms with Crippen LogP contribution in [0.3, 0.4) is 0 Å². The maximum Gasteiger partial charge on any atom is 0.317 e. The average molecular weight is 276 g/mol. The summed E-state index contributed by atoms with van der Waals surface area (Å²) in [5.74, 6) is -0.844. The van der Waals surface area contributed by atoms with Gasteiger partial charge >= 0.3 is 12.0 Å². The zero-order valence-corrected chi connectivity index (χ0v) is 11.8. The highest BCUT2D eigenvalue weighted by Crippen LogP contribution is 2.30. The Morgan fingerprint density at radius 3 is 2.55 bits per heavy atom. The van der Waals surface area contributed by atoms with E-state index in [-0.39, 0.29) is 18.6 Å². The lowest BCUT2D eigenvalue weighted by Gasteiger charge is -2.23. The molecule has 2 N–H and O–H groups in total. The number of nitrogens with one attached hydrogen (secondary N) is 1. The molecule has 1 aromatic rings. The van der Waals surface area contributed by atoms with Gasteiger partial charge in [-0.2, -0.15) is 0 Å². The predicted octanol–water partition coefficient (Wildman–Crippen LogP) is 2.25. The van der Waals surface area contributed by atoms with E-state index in [4.69, 9.17) is 0 Å². The van der Waals surface area contributed by atoms with Crippen molar-refractivity contribution in [2.75, 3.05) is 13.1 Å². The minimum atomic E-state index is -0.844. The second-order valence-corrected chi connectivity index (χ2v) is 5.62. The molecule has 2 amide bonds. The number of carboxylic acids is 1. The number of carbonyl (C=O) groups excluding carboxylic acids is 1. The molecule has 0 aromatic heterocycles. The zero-order chi connectivity index (χ0) is 14.8. The van der Waals surface area contributed by atoms with Crippen LogP contribution < -0.4 is 5.32 Å². The van der Waals surface area contributed by atoms with Crippen molar-refractivity contribution in [3.63, 3.8) is 0 Å². The summed E-state index contributed by atoms with van der Waals surface area (Å²) in [5, 5.41) is 12.1. The Balaban J connectivity index is 1.95. The largest absolute Gasteiger partial charge is 0.481 e. The fourth-order valence-corrected chi connectivity index (χ4v) is 2.41. The smallest absolute Gasteiger partial charge is 0.317 e. The number of carbonyl (C=O) groups is 2. The van der Waals surface area contributed by atoms with Crippen LogP contribution in [0.4, 0.5) is 4.79 Å². The molecule has 20 heavy (non-hydrogen) atoms. The molecule has 0 bridgehead atoms. The number of carboxylic acid groups (broad SMARTS) is 1. The van der Waals surface area contributed by atoms with Gasteiger partial charge in [0.25, 0.3) is 0 Å². The maximum absolute atomic E-state index is 12.2. The molecule has 1 heterocycles. The van der Waals surface area contributed by atoms with Crippen LogP contribution in [0.2, 0.25) is 0 Å². The third-order valence-electron chi connectivity index (χ3n) is 3.92. The van der Waals surface area contributed by atoms with Crippen molar-refractivity contribution in [1.82, 2.24) is 10.2 Å². The molecule has 0 radical (unpaired) electrons. The Morgan fingerprint density at radius 2 is 2.00 bits per heavy atom. The van der Waals surface area contributed by atoms with Crippen LogP contribution in [-0.2, 0) is 4.79 Å². The van der Waals surface area contributed by atoms with Gasteiger partial charge in [0.2, 0.25) is 0 Å². The van der Waals surface area contributed by atoms with E-state index in [0.717, 1.165) is 5.56 Å². The molecule has 0 spiro atoms. The lowest BCUT2D eigenvalue weighted by Crippen LogP contribution is -2.41. The highest BCUT2D eigenvalue weighted by Gasteiger charge is 2.42. The second kappa shape index (κ2) is 5.53. The summed E-state index contributed by atoms with van der Waals surface area (Å²) >= 11 is 0. The fourth-order valence-electron chi connectivity index (χ4n) is 2.41. The zero-order valence-electron chi connectivity index (χ0n) is 11.8. The van der Waals surface area contributed by atoms with Crippen molar-refractivity contribution in [2.45, 2.75) is 26.3 Å². The van der Waals surface area contributed by atoms with Crippen LogP contribution in [-0.4, -0.2) is 35.1 Å². The van der Waals surface area contributed by atoms with Gasteiger partial charge in [0.15, 0.2) is 0 Å². The molecule has 2 rings (SSSR count). The first-order valence-corrected chi connectivity index (χ1v) is 6.76. The minimum Gasteiger partial charge on any atom is -0.481 e. The summed E-state index contributed by atoms with van der Waals surface area (Å²) in [7, 11) is 0. The molecule has 108 valence electrons. The van der Waals surface area contributed by atoms with Crippen molar-refractivity contribution in [3.8, 4) is 0 Å². The molecule has 2 atom stereocenters. The first-order chi connectivity index (χ1) is 9.42. The van der Waals surface area contributed by atoms with Crippen LogP contribution in [0, 0.1) is 5.41 Å². The van der Waals surface area contributed by atoms with Crippen molar-refractivity contribution >= 4 is 12.0 Å².